The van der Waals surface area contributed by atoms with Crippen LogP contribution in [0.3, 0.4) is 0 Å². The van der Waals surface area contributed by atoms with E-state index in [0.717, 1.165) is 44.8 Å². The summed E-state index contributed by atoms with van der Waals surface area (Å²) in [6, 6.07) is 0. The molecule has 0 aliphatic carbocycles. The summed E-state index contributed by atoms with van der Waals surface area (Å²) >= 11 is 0. The number of ether oxygens (including phenoxy) is 1. The third-order valence-electron chi connectivity index (χ3n) is 4.66. The van der Waals surface area contributed by atoms with Crippen LogP contribution in [0.5, 0.6) is 0 Å². The molecule has 1 unspecified atom stereocenters. The van der Waals surface area contributed by atoms with Crippen LogP contribution in [-0.2, 0) is 14.3 Å². The van der Waals surface area contributed by atoms with Gasteiger partial charge >= 0.3 is 18.1 Å². The number of alkyl halides is 3. The van der Waals surface area contributed by atoms with Gasteiger partial charge in [0.05, 0.1) is 26.0 Å². The number of hydrogen-bond acceptors (Lipinski definition) is 7. The van der Waals surface area contributed by atoms with Gasteiger partial charge in [0, 0.05) is 37.4 Å². The Hall–Kier alpha value is -2.47. The first-order valence-corrected chi connectivity index (χ1v) is 8.94. The molecule has 2 saturated heterocycles. The molecule has 9 nitrogen and oxygen atoms in total. The lowest BCUT2D eigenvalue weighted by atomic mass is 9.80. The molecule has 162 valence electrons. The number of anilines is 1. The molecule has 0 saturated carbocycles. The topological polar surface area (TPSA) is 116 Å². The highest BCUT2D eigenvalue weighted by Crippen LogP contribution is 2.33. The van der Waals surface area contributed by atoms with E-state index in [9.17, 15) is 18.0 Å². The maximum Gasteiger partial charge on any atom is 0.490 e. The minimum atomic E-state index is -5.08. The molecule has 2 N–H and O–H groups in total. The molecule has 1 aromatic heterocycles. The minimum Gasteiger partial charge on any atom is -0.480 e. The van der Waals surface area contributed by atoms with E-state index in [-0.39, 0.29) is 12.0 Å². The van der Waals surface area contributed by atoms with Gasteiger partial charge in [-0.05, 0) is 19.4 Å². The number of piperidine rings is 1. The fourth-order valence-electron chi connectivity index (χ4n) is 3.53. The first kappa shape index (κ1) is 22.8. The first-order chi connectivity index (χ1) is 13.6. The lowest BCUT2D eigenvalue weighted by Gasteiger charge is -2.43. The lowest BCUT2D eigenvalue weighted by molar-refractivity contribution is -0.192. The number of carboxylic acid groups (broad SMARTS) is 2. The Labute approximate surface area is 165 Å². The molecular formula is C17H23F3N4O5. The van der Waals surface area contributed by atoms with Gasteiger partial charge in [0.2, 0.25) is 0 Å². The predicted molar refractivity (Wildman–Crippen MR) is 94.5 cm³/mol. The molecule has 1 atom stereocenters. The van der Waals surface area contributed by atoms with Crippen molar-refractivity contribution in [1.82, 2.24) is 14.9 Å². The van der Waals surface area contributed by atoms with Crippen LogP contribution in [0, 0.1) is 5.41 Å². The van der Waals surface area contributed by atoms with Crippen LogP contribution >= 0.6 is 0 Å². The number of hydrogen-bond donors (Lipinski definition) is 2. The molecule has 0 radical (unpaired) electrons. The third-order valence-corrected chi connectivity index (χ3v) is 4.66. The molecule has 1 spiro atoms. The van der Waals surface area contributed by atoms with E-state index >= 15 is 0 Å². The van der Waals surface area contributed by atoms with Gasteiger partial charge in [-0.2, -0.15) is 13.2 Å². The van der Waals surface area contributed by atoms with E-state index in [1.165, 1.54) is 0 Å². The number of rotatable bonds is 3. The van der Waals surface area contributed by atoms with Gasteiger partial charge in [0.25, 0.3) is 0 Å². The van der Waals surface area contributed by atoms with Crippen molar-refractivity contribution in [1.29, 1.82) is 0 Å². The summed E-state index contributed by atoms with van der Waals surface area (Å²) < 4.78 is 37.6. The largest absolute Gasteiger partial charge is 0.490 e. The second-order valence-electron chi connectivity index (χ2n) is 7.05. The van der Waals surface area contributed by atoms with Crippen molar-refractivity contribution in [2.75, 3.05) is 50.8 Å². The van der Waals surface area contributed by atoms with Crippen LogP contribution in [0.25, 0.3) is 0 Å². The molecule has 2 aliphatic heterocycles. The van der Waals surface area contributed by atoms with E-state index < -0.39 is 18.1 Å². The van der Waals surface area contributed by atoms with Crippen molar-refractivity contribution in [2.45, 2.75) is 19.0 Å². The maximum atomic E-state index is 11.0. The molecule has 2 fully saturated rings. The Kier molecular flexibility index (Phi) is 7.73. The zero-order valence-electron chi connectivity index (χ0n) is 15.6. The highest BCUT2D eigenvalue weighted by Gasteiger charge is 2.40. The summed E-state index contributed by atoms with van der Waals surface area (Å²) in [7, 11) is 0. The summed E-state index contributed by atoms with van der Waals surface area (Å²) in [5.41, 5.74) is -0.0261. The molecule has 3 rings (SSSR count). The van der Waals surface area contributed by atoms with Crippen molar-refractivity contribution in [3.05, 3.63) is 18.6 Å². The molecule has 0 bridgehead atoms. The van der Waals surface area contributed by atoms with Gasteiger partial charge < -0.3 is 19.8 Å². The maximum absolute atomic E-state index is 11.0. The molecular weight excluding hydrogens is 397 g/mol. The molecule has 0 amide bonds. The zero-order chi connectivity index (χ0) is 21.5. The van der Waals surface area contributed by atoms with E-state index in [0.29, 0.717) is 13.2 Å². The van der Waals surface area contributed by atoms with Crippen LogP contribution in [0.1, 0.15) is 12.8 Å². The number of carbonyl (C=O) groups is 2. The minimum absolute atomic E-state index is 0.0261. The van der Waals surface area contributed by atoms with Crippen LogP contribution < -0.4 is 4.90 Å². The average Bonchev–Trinajstić information content (AvgIpc) is 2.84. The Bertz CT molecular complexity index is 691. The first-order valence-electron chi connectivity index (χ1n) is 8.94. The fraction of sp³-hybridized carbons (Fsp3) is 0.647. The van der Waals surface area contributed by atoms with Crippen molar-refractivity contribution in [2.24, 2.45) is 5.41 Å². The molecule has 0 aromatic carbocycles. The van der Waals surface area contributed by atoms with E-state index in [2.05, 4.69) is 14.9 Å². The van der Waals surface area contributed by atoms with Crippen LogP contribution in [0.2, 0.25) is 0 Å². The number of halogens is 3. The number of aliphatic carboxylic acids is 2. The van der Waals surface area contributed by atoms with E-state index in [1.54, 1.807) is 18.6 Å². The van der Waals surface area contributed by atoms with Gasteiger partial charge in [0.15, 0.2) is 0 Å². The lowest BCUT2D eigenvalue weighted by Crippen LogP contribution is -2.51. The van der Waals surface area contributed by atoms with Crippen molar-refractivity contribution >= 4 is 17.8 Å². The predicted octanol–water partition coefficient (Wildman–Crippen LogP) is 1.11. The molecule has 1 aromatic rings. The zero-order valence-corrected chi connectivity index (χ0v) is 15.6. The molecule has 12 heteroatoms. The SMILES string of the molecule is O=C(O)C(F)(F)F.O=C(O)CN1CCCC2(COCCN(c3cnccn3)C2)C1. The van der Waals surface area contributed by atoms with Crippen molar-refractivity contribution in [3.8, 4) is 0 Å². The van der Waals surface area contributed by atoms with E-state index in [1.807, 2.05) is 4.90 Å². The van der Waals surface area contributed by atoms with Gasteiger partial charge in [-0.3, -0.25) is 14.7 Å². The Morgan fingerprint density at radius 1 is 1.21 bits per heavy atom. The Balaban J connectivity index is 0.000000370. The molecule has 29 heavy (non-hydrogen) atoms. The van der Waals surface area contributed by atoms with Gasteiger partial charge in [-0.1, -0.05) is 0 Å². The van der Waals surface area contributed by atoms with Gasteiger partial charge in [-0.15, -0.1) is 0 Å². The summed E-state index contributed by atoms with van der Waals surface area (Å²) in [4.78, 5) is 32.7. The quantitative estimate of drug-likeness (QED) is 0.742. The standard InChI is InChI=1S/C15H22N4O3.C2HF3O2/c20-14(21)9-18-5-1-2-15(10-18)11-19(6-7-22-12-15)13-8-16-3-4-17-13;3-2(4,5)1(6)7/h3-4,8H,1-2,5-7,9-12H2,(H,20,21);(H,6,7). The summed E-state index contributed by atoms with van der Waals surface area (Å²) in [6.45, 7) is 4.68. The number of aromatic nitrogens is 2. The second-order valence-corrected chi connectivity index (χ2v) is 7.05. The summed E-state index contributed by atoms with van der Waals surface area (Å²) in [5.74, 6) is -2.66. The third kappa shape index (κ3) is 7.13. The molecule has 3 heterocycles. The van der Waals surface area contributed by atoms with Crippen molar-refractivity contribution in [3.63, 3.8) is 0 Å². The highest BCUT2D eigenvalue weighted by atomic mass is 19.4. The van der Waals surface area contributed by atoms with Crippen LogP contribution in [0.15, 0.2) is 18.6 Å². The normalized spacial score (nSPS) is 23.1. The summed E-state index contributed by atoms with van der Waals surface area (Å²) in [6.07, 6.45) is 2.12. The van der Waals surface area contributed by atoms with Crippen molar-refractivity contribution < 1.29 is 37.7 Å². The smallest absolute Gasteiger partial charge is 0.480 e. The Morgan fingerprint density at radius 2 is 1.93 bits per heavy atom. The average molecular weight is 420 g/mol. The molecule has 2 aliphatic rings. The fourth-order valence-corrected chi connectivity index (χ4v) is 3.53. The Morgan fingerprint density at radius 3 is 2.52 bits per heavy atom. The number of likely N-dealkylation sites (tertiary alicyclic amines) is 1. The number of carboxylic acids is 2. The van der Waals surface area contributed by atoms with E-state index in [4.69, 9.17) is 19.7 Å². The summed E-state index contributed by atoms with van der Waals surface area (Å²) in [5, 5.41) is 16.2. The van der Waals surface area contributed by atoms with Crippen LogP contribution in [-0.4, -0.2) is 89.1 Å². The van der Waals surface area contributed by atoms with Gasteiger partial charge in [0.1, 0.15) is 5.82 Å². The monoisotopic (exact) mass is 420 g/mol. The highest BCUT2D eigenvalue weighted by molar-refractivity contribution is 5.73. The van der Waals surface area contributed by atoms with Gasteiger partial charge in [-0.25, -0.2) is 9.78 Å². The second kappa shape index (κ2) is 9.83. The van der Waals surface area contributed by atoms with Crippen LogP contribution in [0.4, 0.5) is 19.0 Å². The number of nitrogens with zero attached hydrogens (tertiary/aromatic N) is 4.